The Kier molecular flexibility index (Phi) is 10.0. The van der Waals surface area contributed by atoms with Gasteiger partial charge in [0.1, 0.15) is 11.2 Å². The second kappa shape index (κ2) is 12.7. The Hall–Kier alpha value is -3.25. The number of phenolic OH excluding ortho intramolecular Hbond substituents is 1. The summed E-state index contributed by atoms with van der Waals surface area (Å²) in [6.45, 7) is 14.5. The van der Waals surface area contributed by atoms with Crippen LogP contribution >= 0.6 is 11.8 Å². The number of rotatable bonds is 11. The minimum absolute atomic E-state index is 0.0227. The summed E-state index contributed by atoms with van der Waals surface area (Å²) >= 11 is 1.37. The SMILES string of the molecule is Cc1ccc(C(CSCCC(=O)O)(Cc2ccccc2)C(=O)O)c(Cc2cc(C(C)(C)C)c(O)c(C(C)(C)C)c2)c1. The van der Waals surface area contributed by atoms with Crippen LogP contribution in [0.1, 0.15) is 86.9 Å². The molecule has 0 aliphatic rings. The molecule has 0 heterocycles. The lowest BCUT2D eigenvalue weighted by Gasteiger charge is -2.33. The van der Waals surface area contributed by atoms with Gasteiger partial charge in [0, 0.05) is 11.5 Å². The molecule has 0 saturated carbocycles. The van der Waals surface area contributed by atoms with Crippen LogP contribution in [0, 0.1) is 6.92 Å². The van der Waals surface area contributed by atoms with E-state index >= 15 is 0 Å². The Morgan fingerprint density at radius 1 is 0.780 bits per heavy atom. The number of hydrogen-bond donors (Lipinski definition) is 3. The predicted octanol–water partition coefficient (Wildman–Crippen LogP) is 7.66. The normalized spacial score (nSPS) is 13.5. The van der Waals surface area contributed by atoms with E-state index in [4.69, 9.17) is 0 Å². The topological polar surface area (TPSA) is 94.8 Å². The number of hydrogen-bond acceptors (Lipinski definition) is 4. The molecule has 3 aromatic rings. The number of aryl methyl sites for hydroxylation is 1. The van der Waals surface area contributed by atoms with Gasteiger partial charge in [0.2, 0.25) is 0 Å². The van der Waals surface area contributed by atoms with Gasteiger partial charge in [-0.2, -0.15) is 11.8 Å². The van der Waals surface area contributed by atoms with E-state index in [0.717, 1.165) is 38.9 Å². The van der Waals surface area contributed by atoms with Crippen LogP contribution in [-0.4, -0.2) is 38.8 Å². The molecule has 1 atom stereocenters. The van der Waals surface area contributed by atoms with Crippen molar-refractivity contribution in [2.24, 2.45) is 0 Å². The lowest BCUT2D eigenvalue weighted by atomic mass is 9.73. The van der Waals surface area contributed by atoms with Gasteiger partial charge in [0.15, 0.2) is 0 Å². The van der Waals surface area contributed by atoms with E-state index in [-0.39, 0.29) is 29.4 Å². The number of carbonyl (C=O) groups is 2. The van der Waals surface area contributed by atoms with E-state index in [1.807, 2.05) is 49.4 Å². The standard InChI is InChI=1S/C35H44O5S/c1-23-13-14-27(35(32(39)40,22-41-16-15-30(36)37)21-24-11-9-8-10-12-24)26(17-23)18-25-19-28(33(2,3)4)31(38)29(20-25)34(5,6)7/h8-14,17,19-20,38H,15-16,18,21-22H2,1-7H3,(H,36,37)(H,39,40). The molecule has 0 aliphatic heterocycles. The van der Waals surface area contributed by atoms with E-state index in [2.05, 4.69) is 59.7 Å². The molecule has 3 N–H and O–H groups in total. The third kappa shape index (κ3) is 7.94. The lowest BCUT2D eigenvalue weighted by Crippen LogP contribution is -2.42. The first-order valence-corrected chi connectivity index (χ1v) is 15.2. The number of carboxylic acids is 2. The number of thioether (sulfide) groups is 1. The molecule has 3 aromatic carbocycles. The van der Waals surface area contributed by atoms with Crippen molar-refractivity contribution in [3.63, 3.8) is 0 Å². The minimum Gasteiger partial charge on any atom is -0.507 e. The zero-order chi connectivity index (χ0) is 30.6. The van der Waals surface area contributed by atoms with Crippen LogP contribution in [0.4, 0.5) is 0 Å². The minimum atomic E-state index is -1.26. The van der Waals surface area contributed by atoms with Gasteiger partial charge in [-0.15, -0.1) is 0 Å². The van der Waals surface area contributed by atoms with Gasteiger partial charge in [-0.1, -0.05) is 108 Å². The highest BCUT2D eigenvalue weighted by Crippen LogP contribution is 2.41. The van der Waals surface area contributed by atoms with Gasteiger partial charge < -0.3 is 15.3 Å². The summed E-state index contributed by atoms with van der Waals surface area (Å²) in [7, 11) is 0. The number of aliphatic carboxylic acids is 2. The van der Waals surface area contributed by atoms with Gasteiger partial charge in [-0.05, 0) is 64.0 Å². The fourth-order valence-corrected chi connectivity index (χ4v) is 6.51. The highest BCUT2D eigenvalue weighted by molar-refractivity contribution is 7.99. The molecular weight excluding hydrogens is 532 g/mol. The van der Waals surface area contributed by atoms with Crippen molar-refractivity contribution in [2.75, 3.05) is 11.5 Å². The monoisotopic (exact) mass is 576 g/mol. The van der Waals surface area contributed by atoms with E-state index in [1.165, 1.54) is 11.8 Å². The summed E-state index contributed by atoms with van der Waals surface area (Å²) in [6.07, 6.45) is 0.771. The molecule has 0 aromatic heterocycles. The molecule has 6 heteroatoms. The van der Waals surface area contributed by atoms with Crippen LogP contribution in [0.2, 0.25) is 0 Å². The van der Waals surface area contributed by atoms with Gasteiger partial charge >= 0.3 is 11.9 Å². The molecule has 1 unspecified atom stereocenters. The summed E-state index contributed by atoms with van der Waals surface area (Å²) in [5.41, 5.74) is 4.54. The molecule has 0 radical (unpaired) electrons. The fraction of sp³-hybridized carbons (Fsp3) is 0.429. The molecule has 0 aliphatic carbocycles. The summed E-state index contributed by atoms with van der Waals surface area (Å²) in [5.74, 6) is -0.921. The third-order valence-corrected chi connectivity index (χ3v) is 8.71. The molecule has 3 rings (SSSR count). The maximum atomic E-state index is 13.3. The zero-order valence-electron chi connectivity index (χ0n) is 25.4. The number of aromatic hydroxyl groups is 1. The van der Waals surface area contributed by atoms with Crippen molar-refractivity contribution in [2.45, 2.75) is 84.0 Å². The molecule has 0 bridgehead atoms. The predicted molar refractivity (Wildman–Crippen MR) is 169 cm³/mol. The van der Waals surface area contributed by atoms with Crippen molar-refractivity contribution in [3.8, 4) is 5.75 Å². The van der Waals surface area contributed by atoms with Gasteiger partial charge in [-0.3, -0.25) is 9.59 Å². The summed E-state index contributed by atoms with van der Waals surface area (Å²) in [6, 6.07) is 19.7. The number of phenols is 1. The molecule has 0 fully saturated rings. The average Bonchev–Trinajstić information content (AvgIpc) is 2.86. The molecule has 220 valence electrons. The summed E-state index contributed by atoms with van der Waals surface area (Å²) < 4.78 is 0. The Morgan fingerprint density at radius 3 is 1.88 bits per heavy atom. The fourth-order valence-electron chi connectivity index (χ4n) is 5.32. The first-order valence-electron chi connectivity index (χ1n) is 14.1. The van der Waals surface area contributed by atoms with Gasteiger partial charge in [0.05, 0.1) is 6.42 Å². The Labute approximate surface area is 249 Å². The van der Waals surface area contributed by atoms with Crippen LogP contribution in [0.3, 0.4) is 0 Å². The molecule has 0 spiro atoms. The third-order valence-electron chi connectivity index (χ3n) is 7.52. The second-order valence-electron chi connectivity index (χ2n) is 13.1. The van der Waals surface area contributed by atoms with Crippen LogP contribution in [0.5, 0.6) is 5.75 Å². The number of benzene rings is 3. The van der Waals surface area contributed by atoms with E-state index in [0.29, 0.717) is 17.9 Å². The average molecular weight is 577 g/mol. The summed E-state index contributed by atoms with van der Waals surface area (Å²) in [4.78, 5) is 24.5. The largest absolute Gasteiger partial charge is 0.507 e. The van der Waals surface area contributed by atoms with E-state index < -0.39 is 17.4 Å². The highest BCUT2D eigenvalue weighted by atomic mass is 32.2. The van der Waals surface area contributed by atoms with Crippen LogP contribution in [0.25, 0.3) is 0 Å². The molecule has 41 heavy (non-hydrogen) atoms. The van der Waals surface area contributed by atoms with Crippen LogP contribution in [-0.2, 0) is 38.7 Å². The Bertz CT molecular complexity index is 1350. The molecular formula is C35H44O5S. The lowest BCUT2D eigenvalue weighted by molar-refractivity contribution is -0.143. The first kappa shape index (κ1) is 32.3. The maximum absolute atomic E-state index is 13.3. The van der Waals surface area contributed by atoms with Crippen LogP contribution < -0.4 is 0 Å². The highest BCUT2D eigenvalue weighted by Gasteiger charge is 2.42. The zero-order valence-corrected chi connectivity index (χ0v) is 26.2. The van der Waals surface area contributed by atoms with Crippen molar-refractivity contribution in [1.29, 1.82) is 0 Å². The van der Waals surface area contributed by atoms with Crippen molar-refractivity contribution < 1.29 is 24.9 Å². The maximum Gasteiger partial charge on any atom is 0.315 e. The molecule has 0 saturated heterocycles. The number of carboxylic acid groups (broad SMARTS) is 2. The molecule has 0 amide bonds. The second-order valence-corrected chi connectivity index (χ2v) is 14.2. The van der Waals surface area contributed by atoms with Crippen LogP contribution in [0.15, 0.2) is 60.7 Å². The van der Waals surface area contributed by atoms with Crippen molar-refractivity contribution in [1.82, 2.24) is 0 Å². The Morgan fingerprint density at radius 2 is 1.37 bits per heavy atom. The van der Waals surface area contributed by atoms with Gasteiger partial charge in [0.25, 0.3) is 0 Å². The Balaban J connectivity index is 2.21. The van der Waals surface area contributed by atoms with E-state index in [9.17, 15) is 24.9 Å². The van der Waals surface area contributed by atoms with Crippen molar-refractivity contribution >= 4 is 23.7 Å². The molecule has 5 nitrogen and oxygen atoms in total. The first-order chi connectivity index (χ1) is 19.0. The summed E-state index contributed by atoms with van der Waals surface area (Å²) in [5, 5.41) is 31.3. The smallest absolute Gasteiger partial charge is 0.315 e. The quantitative estimate of drug-likeness (QED) is 0.203. The van der Waals surface area contributed by atoms with Gasteiger partial charge in [-0.25, -0.2) is 0 Å². The van der Waals surface area contributed by atoms with E-state index in [1.54, 1.807) is 0 Å². The van der Waals surface area contributed by atoms with Crippen molar-refractivity contribution in [3.05, 3.63) is 99.6 Å².